The van der Waals surface area contributed by atoms with Crippen molar-refractivity contribution in [3.05, 3.63) is 0 Å². The summed E-state index contributed by atoms with van der Waals surface area (Å²) >= 11 is 0. The van der Waals surface area contributed by atoms with Crippen LogP contribution in [0.1, 0.15) is 136 Å². The molecule has 0 unspecified atom stereocenters. The molecular formula is C26H50O. The molecule has 0 aliphatic heterocycles. The van der Waals surface area contributed by atoms with Crippen LogP contribution in [0.25, 0.3) is 0 Å². The summed E-state index contributed by atoms with van der Waals surface area (Å²) < 4.78 is 6.19. The van der Waals surface area contributed by atoms with Crippen LogP contribution in [-0.4, -0.2) is 12.7 Å². The average Bonchev–Trinajstić information content (AvgIpc) is 2.71. The number of hydrogen-bond donors (Lipinski definition) is 0. The van der Waals surface area contributed by atoms with Gasteiger partial charge >= 0.3 is 0 Å². The standard InChI is InChI=1S/C26H50O/c1-3-5-7-9-11-13-23-14-16-24(17-15-23)25-18-20-26(21-19-25)27-22-12-10-8-6-4-2/h23-26H,3-22H2,1-2H3. The Morgan fingerprint density at radius 3 is 1.67 bits per heavy atom. The summed E-state index contributed by atoms with van der Waals surface area (Å²) in [6, 6.07) is 0. The van der Waals surface area contributed by atoms with Crippen LogP contribution in [0.3, 0.4) is 0 Å². The van der Waals surface area contributed by atoms with E-state index in [0.29, 0.717) is 6.10 Å². The molecule has 1 nitrogen and oxygen atoms in total. The zero-order chi connectivity index (χ0) is 19.2. The lowest BCUT2D eigenvalue weighted by Gasteiger charge is -2.38. The molecule has 0 aromatic heterocycles. The SMILES string of the molecule is CCCCCCCOC1CCC(C2CCC(CCCCCCC)CC2)CC1. The summed E-state index contributed by atoms with van der Waals surface area (Å²) in [5.41, 5.74) is 0. The first kappa shape index (κ1) is 23.2. The fourth-order valence-corrected chi connectivity index (χ4v) is 5.67. The molecule has 0 saturated heterocycles. The van der Waals surface area contributed by atoms with Gasteiger partial charge in [-0.3, -0.25) is 0 Å². The molecule has 0 aromatic rings. The Balaban J connectivity index is 1.48. The van der Waals surface area contributed by atoms with Gasteiger partial charge in [0.2, 0.25) is 0 Å². The second kappa shape index (κ2) is 14.9. The number of unbranched alkanes of at least 4 members (excludes halogenated alkanes) is 8. The van der Waals surface area contributed by atoms with Gasteiger partial charge in [0, 0.05) is 6.61 Å². The van der Waals surface area contributed by atoms with Gasteiger partial charge in [0.05, 0.1) is 6.10 Å². The van der Waals surface area contributed by atoms with Gasteiger partial charge in [0.1, 0.15) is 0 Å². The highest BCUT2D eigenvalue weighted by Gasteiger charge is 2.30. The van der Waals surface area contributed by atoms with Crippen molar-refractivity contribution in [2.24, 2.45) is 17.8 Å². The summed E-state index contributed by atoms with van der Waals surface area (Å²) in [4.78, 5) is 0. The number of rotatable bonds is 14. The Morgan fingerprint density at radius 2 is 1.07 bits per heavy atom. The molecular weight excluding hydrogens is 328 g/mol. The Labute approximate surface area is 171 Å². The molecule has 0 spiro atoms. The molecule has 2 saturated carbocycles. The maximum absolute atomic E-state index is 6.19. The zero-order valence-corrected chi connectivity index (χ0v) is 18.9. The topological polar surface area (TPSA) is 9.23 Å². The maximum atomic E-state index is 6.19. The highest BCUT2D eigenvalue weighted by atomic mass is 16.5. The van der Waals surface area contributed by atoms with Gasteiger partial charge in [-0.15, -0.1) is 0 Å². The maximum Gasteiger partial charge on any atom is 0.0575 e. The van der Waals surface area contributed by atoms with E-state index < -0.39 is 0 Å². The zero-order valence-electron chi connectivity index (χ0n) is 18.9. The molecule has 0 aromatic carbocycles. The van der Waals surface area contributed by atoms with Crippen LogP contribution >= 0.6 is 0 Å². The molecule has 0 atom stereocenters. The van der Waals surface area contributed by atoms with Gasteiger partial charge in [0.25, 0.3) is 0 Å². The van der Waals surface area contributed by atoms with Gasteiger partial charge in [-0.25, -0.2) is 0 Å². The van der Waals surface area contributed by atoms with E-state index in [1.165, 1.54) is 122 Å². The quantitative estimate of drug-likeness (QED) is 0.275. The minimum absolute atomic E-state index is 0.590. The smallest absolute Gasteiger partial charge is 0.0575 e. The third-order valence-electron chi connectivity index (χ3n) is 7.59. The van der Waals surface area contributed by atoms with Crippen molar-refractivity contribution in [2.75, 3.05) is 6.61 Å². The van der Waals surface area contributed by atoms with E-state index in [1.54, 1.807) is 0 Å². The van der Waals surface area contributed by atoms with Crippen LogP contribution in [-0.2, 0) is 4.74 Å². The van der Waals surface area contributed by atoms with E-state index in [-0.39, 0.29) is 0 Å². The van der Waals surface area contributed by atoms with Crippen molar-refractivity contribution in [3.63, 3.8) is 0 Å². The van der Waals surface area contributed by atoms with E-state index in [1.807, 2.05) is 0 Å². The van der Waals surface area contributed by atoms with E-state index >= 15 is 0 Å². The Kier molecular flexibility index (Phi) is 12.8. The molecule has 27 heavy (non-hydrogen) atoms. The second-order valence-corrected chi connectivity index (χ2v) is 9.81. The Bertz CT molecular complexity index is 323. The Hall–Kier alpha value is -0.0400. The van der Waals surface area contributed by atoms with Crippen LogP contribution in [0.4, 0.5) is 0 Å². The molecule has 2 fully saturated rings. The van der Waals surface area contributed by atoms with Gasteiger partial charge in [0.15, 0.2) is 0 Å². The molecule has 0 heterocycles. The molecule has 1 heteroatoms. The predicted octanol–water partition coefficient (Wildman–Crippen LogP) is 8.70. The average molecular weight is 379 g/mol. The molecule has 0 radical (unpaired) electrons. The second-order valence-electron chi connectivity index (χ2n) is 9.81. The van der Waals surface area contributed by atoms with E-state index in [9.17, 15) is 0 Å². The third kappa shape index (κ3) is 9.82. The molecule has 2 rings (SSSR count). The van der Waals surface area contributed by atoms with Gasteiger partial charge in [-0.1, -0.05) is 90.9 Å². The van der Waals surface area contributed by atoms with Crippen LogP contribution < -0.4 is 0 Å². The summed E-state index contributed by atoms with van der Waals surface area (Å²) in [5, 5.41) is 0. The fraction of sp³-hybridized carbons (Fsp3) is 1.00. The first-order valence-corrected chi connectivity index (χ1v) is 12.9. The third-order valence-corrected chi connectivity index (χ3v) is 7.59. The van der Waals surface area contributed by atoms with Crippen molar-refractivity contribution < 1.29 is 4.74 Å². The fourth-order valence-electron chi connectivity index (χ4n) is 5.67. The predicted molar refractivity (Wildman–Crippen MR) is 119 cm³/mol. The summed E-state index contributed by atoms with van der Waals surface area (Å²) in [6.45, 7) is 5.62. The lowest BCUT2D eigenvalue weighted by atomic mass is 9.70. The minimum atomic E-state index is 0.590. The van der Waals surface area contributed by atoms with Gasteiger partial charge in [-0.2, -0.15) is 0 Å². The van der Waals surface area contributed by atoms with Crippen molar-refractivity contribution >= 4 is 0 Å². The van der Waals surface area contributed by atoms with E-state index in [2.05, 4.69) is 13.8 Å². The lowest BCUT2D eigenvalue weighted by molar-refractivity contribution is 0.00527. The van der Waals surface area contributed by atoms with Gasteiger partial charge in [-0.05, 0) is 62.7 Å². The molecule has 160 valence electrons. The van der Waals surface area contributed by atoms with Crippen LogP contribution in [0.2, 0.25) is 0 Å². The van der Waals surface area contributed by atoms with Crippen molar-refractivity contribution in [3.8, 4) is 0 Å². The summed E-state index contributed by atoms with van der Waals surface area (Å²) in [5.74, 6) is 3.14. The highest BCUT2D eigenvalue weighted by Crippen LogP contribution is 2.41. The lowest BCUT2D eigenvalue weighted by Crippen LogP contribution is -2.28. The highest BCUT2D eigenvalue weighted by molar-refractivity contribution is 4.82. The van der Waals surface area contributed by atoms with E-state index in [0.717, 1.165) is 24.4 Å². The van der Waals surface area contributed by atoms with E-state index in [4.69, 9.17) is 4.74 Å². The van der Waals surface area contributed by atoms with Gasteiger partial charge < -0.3 is 4.74 Å². The number of hydrogen-bond acceptors (Lipinski definition) is 1. The minimum Gasteiger partial charge on any atom is -0.378 e. The van der Waals surface area contributed by atoms with Crippen molar-refractivity contribution in [2.45, 2.75) is 142 Å². The Morgan fingerprint density at radius 1 is 0.556 bits per heavy atom. The van der Waals surface area contributed by atoms with Crippen LogP contribution in [0, 0.1) is 17.8 Å². The first-order chi connectivity index (χ1) is 13.3. The van der Waals surface area contributed by atoms with Crippen molar-refractivity contribution in [1.82, 2.24) is 0 Å². The first-order valence-electron chi connectivity index (χ1n) is 12.9. The van der Waals surface area contributed by atoms with Crippen LogP contribution in [0.5, 0.6) is 0 Å². The molecule has 0 N–H and O–H groups in total. The van der Waals surface area contributed by atoms with Crippen LogP contribution in [0.15, 0.2) is 0 Å². The monoisotopic (exact) mass is 378 g/mol. The summed E-state index contributed by atoms with van der Waals surface area (Å²) in [6.07, 6.45) is 27.9. The number of ether oxygens (including phenoxy) is 1. The molecule has 0 bridgehead atoms. The summed E-state index contributed by atoms with van der Waals surface area (Å²) in [7, 11) is 0. The molecule has 0 amide bonds. The van der Waals surface area contributed by atoms with Crippen molar-refractivity contribution in [1.29, 1.82) is 0 Å². The molecule has 2 aliphatic carbocycles. The largest absolute Gasteiger partial charge is 0.378 e. The normalized spacial score (nSPS) is 29.1. The molecule has 2 aliphatic rings.